The fourth-order valence-electron chi connectivity index (χ4n) is 7.88. The average molecular weight is 973 g/mol. The molecule has 0 aromatic carbocycles. The lowest BCUT2D eigenvalue weighted by Gasteiger charge is -2.40. The third-order valence-corrected chi connectivity index (χ3v) is 12.1. The van der Waals surface area contributed by atoms with Gasteiger partial charge in [-0.1, -0.05) is 184 Å². The Bertz CT molecular complexity index is 1440. The van der Waals surface area contributed by atoms with Crippen LogP contribution in [-0.4, -0.2) is 89.2 Å². The summed E-state index contributed by atoms with van der Waals surface area (Å²) in [5.41, 5.74) is 0. The van der Waals surface area contributed by atoms with Crippen molar-refractivity contribution in [2.75, 3.05) is 13.2 Å². The summed E-state index contributed by atoms with van der Waals surface area (Å²) < 4.78 is 28.3. The van der Waals surface area contributed by atoms with E-state index < -0.39 is 67.3 Å². The Morgan fingerprint density at radius 3 is 1.42 bits per heavy atom. The predicted octanol–water partition coefficient (Wildman–Crippen LogP) is 13.2. The number of unbranched alkanes of at least 4 members (excludes halogenated alkanes) is 21. The minimum atomic E-state index is -1.91. The average Bonchev–Trinajstić information content (AvgIpc) is 3.33. The number of aliphatic hydroxyl groups is 2. The van der Waals surface area contributed by atoms with Gasteiger partial charge >= 0.3 is 23.9 Å². The largest absolute Gasteiger partial charge is 0.479 e. The van der Waals surface area contributed by atoms with Crippen molar-refractivity contribution in [3.05, 3.63) is 60.8 Å². The lowest BCUT2D eigenvalue weighted by atomic mass is 9.98. The lowest BCUT2D eigenvalue weighted by molar-refractivity contribution is -0.301. The van der Waals surface area contributed by atoms with E-state index in [4.69, 9.17) is 23.7 Å². The van der Waals surface area contributed by atoms with Crippen molar-refractivity contribution in [3.63, 3.8) is 0 Å². The molecule has 1 rings (SSSR count). The fourth-order valence-corrected chi connectivity index (χ4v) is 7.88. The molecular formula is C57H96O12. The molecule has 1 fully saturated rings. The van der Waals surface area contributed by atoms with Gasteiger partial charge in [-0.3, -0.25) is 14.4 Å². The van der Waals surface area contributed by atoms with Crippen LogP contribution in [-0.2, 0) is 42.9 Å². The molecule has 69 heavy (non-hydrogen) atoms. The van der Waals surface area contributed by atoms with E-state index in [9.17, 15) is 34.5 Å². The topological polar surface area (TPSA) is 175 Å². The van der Waals surface area contributed by atoms with Crippen molar-refractivity contribution in [1.82, 2.24) is 0 Å². The van der Waals surface area contributed by atoms with Crippen molar-refractivity contribution in [2.45, 2.75) is 263 Å². The molecule has 0 aromatic rings. The van der Waals surface area contributed by atoms with E-state index in [-0.39, 0.29) is 25.9 Å². The van der Waals surface area contributed by atoms with Gasteiger partial charge in [0.05, 0.1) is 6.61 Å². The van der Waals surface area contributed by atoms with Gasteiger partial charge < -0.3 is 39.0 Å². The second kappa shape index (κ2) is 45.6. The third kappa shape index (κ3) is 36.1. The first-order valence-corrected chi connectivity index (χ1v) is 27.3. The van der Waals surface area contributed by atoms with Gasteiger partial charge in [0.1, 0.15) is 18.8 Å². The van der Waals surface area contributed by atoms with E-state index in [2.05, 4.69) is 81.5 Å². The summed E-state index contributed by atoms with van der Waals surface area (Å²) >= 11 is 0. The van der Waals surface area contributed by atoms with Crippen LogP contribution in [0.5, 0.6) is 0 Å². The van der Waals surface area contributed by atoms with Crippen LogP contribution in [0.1, 0.15) is 226 Å². The molecule has 396 valence electrons. The number of aliphatic carboxylic acids is 1. The van der Waals surface area contributed by atoms with Crippen LogP contribution in [0.3, 0.4) is 0 Å². The Morgan fingerprint density at radius 2 is 0.913 bits per heavy atom. The van der Waals surface area contributed by atoms with Crippen molar-refractivity contribution >= 4 is 23.9 Å². The van der Waals surface area contributed by atoms with Crippen LogP contribution in [0.25, 0.3) is 0 Å². The molecule has 0 spiro atoms. The first-order chi connectivity index (χ1) is 33.6. The number of rotatable bonds is 45. The van der Waals surface area contributed by atoms with Crippen LogP contribution in [0.2, 0.25) is 0 Å². The molecule has 0 amide bonds. The van der Waals surface area contributed by atoms with Gasteiger partial charge in [0, 0.05) is 19.3 Å². The van der Waals surface area contributed by atoms with Crippen molar-refractivity contribution < 1.29 is 58.2 Å². The van der Waals surface area contributed by atoms with E-state index in [1.807, 2.05) is 0 Å². The maximum Gasteiger partial charge on any atom is 0.335 e. The first kappa shape index (κ1) is 63.4. The molecule has 12 nitrogen and oxygen atoms in total. The molecule has 12 heteroatoms. The Kier molecular flexibility index (Phi) is 41.9. The van der Waals surface area contributed by atoms with E-state index >= 15 is 0 Å². The number of ether oxygens (including phenoxy) is 5. The molecule has 1 heterocycles. The van der Waals surface area contributed by atoms with E-state index in [1.54, 1.807) is 0 Å². The van der Waals surface area contributed by atoms with Gasteiger partial charge in [0.15, 0.2) is 24.6 Å². The molecule has 3 N–H and O–H groups in total. The summed E-state index contributed by atoms with van der Waals surface area (Å²) in [5, 5.41) is 31.3. The Labute approximate surface area is 417 Å². The van der Waals surface area contributed by atoms with Crippen LogP contribution in [0.4, 0.5) is 0 Å². The number of aliphatic hydroxyl groups excluding tert-OH is 2. The van der Waals surface area contributed by atoms with Gasteiger partial charge in [-0.25, -0.2) is 4.79 Å². The van der Waals surface area contributed by atoms with Crippen molar-refractivity contribution in [3.8, 4) is 0 Å². The normalized spacial score (nSPS) is 19.1. The quantitative estimate of drug-likeness (QED) is 0.0228. The number of carbonyl (C=O) groups is 4. The highest BCUT2D eigenvalue weighted by Crippen LogP contribution is 2.26. The molecule has 6 unspecified atom stereocenters. The number of carbonyl (C=O) groups excluding carboxylic acids is 3. The lowest BCUT2D eigenvalue weighted by Crippen LogP contribution is -2.61. The highest BCUT2D eigenvalue weighted by molar-refractivity contribution is 5.74. The molecule has 1 saturated heterocycles. The molecule has 1 aliphatic heterocycles. The molecule has 0 bridgehead atoms. The van der Waals surface area contributed by atoms with E-state index in [0.717, 1.165) is 116 Å². The second-order valence-electron chi connectivity index (χ2n) is 18.5. The third-order valence-electron chi connectivity index (χ3n) is 12.1. The highest BCUT2D eigenvalue weighted by atomic mass is 16.7. The molecule has 0 aromatic heterocycles. The summed E-state index contributed by atoms with van der Waals surface area (Å²) in [7, 11) is 0. The number of carboxylic acid groups (broad SMARTS) is 1. The fraction of sp³-hybridized carbons (Fsp3) is 0.754. The first-order valence-electron chi connectivity index (χ1n) is 27.3. The second-order valence-corrected chi connectivity index (χ2v) is 18.5. The number of allylic oxidation sites excluding steroid dienone is 10. The van der Waals surface area contributed by atoms with Crippen LogP contribution >= 0.6 is 0 Å². The number of hydrogen-bond acceptors (Lipinski definition) is 11. The zero-order chi connectivity index (χ0) is 50.4. The monoisotopic (exact) mass is 973 g/mol. The van der Waals surface area contributed by atoms with Crippen molar-refractivity contribution in [2.24, 2.45) is 0 Å². The molecular weight excluding hydrogens is 877 g/mol. The standard InChI is InChI=1S/C57H96O12/c1-4-7-10-13-16-19-21-23-25-27-29-32-34-37-40-43-49(58)65-46-48(67-50(59)44-41-38-35-31-18-15-12-9-6-3)47-66-57-55(53(62)52(61)54(69-57)56(63)64)68-51(60)45-42-39-36-33-30-28-26-24-22-20-17-14-11-8-5-2/h7,10,16-17,19-20,23-26,48,52-55,57,61-62H,4-6,8-9,11-15,18,21-22,27-47H2,1-3H3,(H,63,64)/b10-7-,19-16-,20-17-,25-23-,26-24-. The summed E-state index contributed by atoms with van der Waals surface area (Å²) in [4.78, 5) is 50.8. The summed E-state index contributed by atoms with van der Waals surface area (Å²) in [6.45, 7) is 5.79. The molecule has 0 aliphatic carbocycles. The van der Waals surface area contributed by atoms with Gasteiger partial charge in [-0.2, -0.15) is 0 Å². The highest BCUT2D eigenvalue weighted by Gasteiger charge is 2.50. The minimum Gasteiger partial charge on any atom is -0.479 e. The Morgan fingerprint density at radius 1 is 0.493 bits per heavy atom. The summed E-state index contributed by atoms with van der Waals surface area (Å²) in [5.74, 6) is -3.16. The van der Waals surface area contributed by atoms with Crippen molar-refractivity contribution in [1.29, 1.82) is 0 Å². The summed E-state index contributed by atoms with van der Waals surface area (Å²) in [6, 6.07) is 0. The maximum absolute atomic E-state index is 13.0. The van der Waals surface area contributed by atoms with E-state index in [0.29, 0.717) is 19.3 Å². The smallest absolute Gasteiger partial charge is 0.335 e. The van der Waals surface area contributed by atoms with Gasteiger partial charge in [0.2, 0.25) is 0 Å². The minimum absolute atomic E-state index is 0.0427. The summed E-state index contributed by atoms with van der Waals surface area (Å²) in [6.07, 6.45) is 42.1. The molecule has 6 atom stereocenters. The molecule has 0 radical (unpaired) electrons. The Hall–Kier alpha value is -3.58. The Balaban J connectivity index is 2.71. The van der Waals surface area contributed by atoms with Crippen LogP contribution < -0.4 is 0 Å². The predicted molar refractivity (Wildman–Crippen MR) is 275 cm³/mol. The molecule has 1 aliphatic rings. The van der Waals surface area contributed by atoms with Gasteiger partial charge in [-0.15, -0.1) is 0 Å². The van der Waals surface area contributed by atoms with Crippen LogP contribution in [0, 0.1) is 0 Å². The SMILES string of the molecule is CC/C=C\C/C=C\C/C=C\CCCCCCCC(=O)OCC(COC1OC(C(=O)O)C(O)C(O)C1OC(=O)CCCCCCC/C=C\C/C=C\CCCCC)OC(=O)CCCCCCCCCCC. The number of hydrogen-bond donors (Lipinski definition) is 3. The molecule has 0 saturated carbocycles. The number of carboxylic acids is 1. The zero-order valence-corrected chi connectivity index (χ0v) is 43.3. The maximum atomic E-state index is 13.0. The van der Waals surface area contributed by atoms with Gasteiger partial charge in [-0.05, 0) is 83.5 Å². The van der Waals surface area contributed by atoms with Crippen LogP contribution in [0.15, 0.2) is 60.8 Å². The number of esters is 3. The zero-order valence-electron chi connectivity index (χ0n) is 43.3. The van der Waals surface area contributed by atoms with Gasteiger partial charge in [0.25, 0.3) is 0 Å². The van der Waals surface area contributed by atoms with E-state index in [1.165, 1.54) is 51.4 Å².